The van der Waals surface area contributed by atoms with Crippen LogP contribution in [0.4, 0.5) is 18.0 Å². The molecule has 1 aliphatic heterocycles. The largest absolute Gasteiger partial charge is 0.465 e. The Bertz CT molecular complexity index is 1480. The fourth-order valence-electron chi connectivity index (χ4n) is 4.32. The smallest absolute Gasteiger partial charge is 0.416 e. The number of fused-ring (bicyclic) bond motifs is 2. The van der Waals surface area contributed by atoms with Gasteiger partial charge in [0.15, 0.2) is 0 Å². The maximum Gasteiger partial charge on any atom is 0.416 e. The van der Waals surface area contributed by atoms with Crippen LogP contribution in [0.1, 0.15) is 27.8 Å². The predicted octanol–water partition coefficient (Wildman–Crippen LogP) is 7.11. The number of carboxylic acid groups (broad SMARTS) is 1. The summed E-state index contributed by atoms with van der Waals surface area (Å²) in [5.74, 6) is 0. The summed E-state index contributed by atoms with van der Waals surface area (Å²) >= 11 is 5.94. The fourth-order valence-corrected chi connectivity index (χ4v) is 4.51. The van der Waals surface area contributed by atoms with Crippen LogP contribution in [0.3, 0.4) is 0 Å². The summed E-state index contributed by atoms with van der Waals surface area (Å²) in [5, 5.41) is 10.2. The summed E-state index contributed by atoms with van der Waals surface area (Å²) in [6, 6.07) is 11.3. The SMILES string of the molecule is O=C(O)N1CCc2cc(-c3cnc4[nH]cc(/C=C/c5cc(Cl)ccc5C(F)(F)F)c4c3)ccc2C1. The van der Waals surface area contributed by atoms with Crippen LogP contribution in [0.15, 0.2) is 54.9 Å². The second-order valence-electron chi connectivity index (χ2n) is 8.36. The van der Waals surface area contributed by atoms with Crippen molar-refractivity contribution in [3.05, 3.63) is 87.7 Å². The molecule has 0 radical (unpaired) electrons. The fraction of sp³-hybridized carbons (Fsp3) is 0.154. The molecule has 5 rings (SSSR count). The van der Waals surface area contributed by atoms with Gasteiger partial charge in [-0.3, -0.25) is 0 Å². The molecule has 2 aromatic heterocycles. The molecule has 0 unspecified atom stereocenters. The Morgan fingerprint density at radius 2 is 1.86 bits per heavy atom. The number of aromatic amines is 1. The lowest BCUT2D eigenvalue weighted by molar-refractivity contribution is -0.137. The summed E-state index contributed by atoms with van der Waals surface area (Å²) in [7, 11) is 0. The highest BCUT2D eigenvalue weighted by molar-refractivity contribution is 6.30. The van der Waals surface area contributed by atoms with Crippen molar-refractivity contribution < 1.29 is 23.1 Å². The first-order chi connectivity index (χ1) is 16.7. The van der Waals surface area contributed by atoms with Gasteiger partial charge in [0.2, 0.25) is 0 Å². The number of alkyl halides is 3. The minimum Gasteiger partial charge on any atom is -0.465 e. The Morgan fingerprint density at radius 3 is 2.63 bits per heavy atom. The standard InChI is InChI=1S/C26H19ClF3N3O2/c27-21-5-6-23(26(28,29)30)17(10-21)2-3-18-12-31-24-22(18)11-20(13-32-24)15-1-4-19-14-33(25(34)35)8-7-16(19)9-15/h1-6,9-13H,7-8,14H2,(H,31,32)(H,34,35)/b3-2+. The van der Waals surface area contributed by atoms with E-state index in [0.717, 1.165) is 33.7 Å². The molecule has 0 aliphatic carbocycles. The molecular weight excluding hydrogens is 479 g/mol. The van der Waals surface area contributed by atoms with E-state index in [0.29, 0.717) is 30.7 Å². The van der Waals surface area contributed by atoms with Gasteiger partial charge >= 0.3 is 12.3 Å². The predicted molar refractivity (Wildman–Crippen MR) is 129 cm³/mol. The quantitative estimate of drug-likeness (QED) is 0.317. The van der Waals surface area contributed by atoms with Crippen LogP contribution in [-0.2, 0) is 19.1 Å². The zero-order valence-corrected chi connectivity index (χ0v) is 19.0. The van der Waals surface area contributed by atoms with Gasteiger partial charge in [-0.05, 0) is 52.9 Å². The molecule has 2 N–H and O–H groups in total. The van der Waals surface area contributed by atoms with Crippen molar-refractivity contribution in [2.24, 2.45) is 0 Å². The lowest BCUT2D eigenvalue weighted by atomic mass is 9.95. The van der Waals surface area contributed by atoms with E-state index < -0.39 is 17.8 Å². The van der Waals surface area contributed by atoms with Crippen LogP contribution in [0, 0.1) is 0 Å². The second-order valence-corrected chi connectivity index (χ2v) is 8.80. The molecule has 1 amide bonds. The van der Waals surface area contributed by atoms with E-state index in [-0.39, 0.29) is 10.6 Å². The van der Waals surface area contributed by atoms with E-state index >= 15 is 0 Å². The van der Waals surface area contributed by atoms with Crippen molar-refractivity contribution >= 4 is 40.9 Å². The summed E-state index contributed by atoms with van der Waals surface area (Å²) in [6.45, 7) is 0.803. The van der Waals surface area contributed by atoms with E-state index in [1.807, 2.05) is 24.3 Å². The first kappa shape index (κ1) is 23.0. The number of nitrogens with zero attached hydrogens (tertiary/aromatic N) is 2. The van der Waals surface area contributed by atoms with Gasteiger partial charge in [0.1, 0.15) is 5.65 Å². The molecule has 1 aliphatic rings. The molecule has 0 bridgehead atoms. The zero-order valence-electron chi connectivity index (χ0n) is 18.2. The number of hydrogen-bond acceptors (Lipinski definition) is 2. The molecule has 35 heavy (non-hydrogen) atoms. The van der Waals surface area contributed by atoms with Crippen molar-refractivity contribution in [2.75, 3.05) is 6.54 Å². The van der Waals surface area contributed by atoms with Crippen LogP contribution in [0.5, 0.6) is 0 Å². The number of H-pyrrole nitrogens is 1. The molecule has 0 saturated heterocycles. The third-order valence-corrected chi connectivity index (χ3v) is 6.38. The topological polar surface area (TPSA) is 69.2 Å². The summed E-state index contributed by atoms with van der Waals surface area (Å²) < 4.78 is 40.2. The molecular formula is C26H19ClF3N3O2. The van der Waals surface area contributed by atoms with Gasteiger partial charge in [-0.15, -0.1) is 0 Å². The van der Waals surface area contributed by atoms with Gasteiger partial charge < -0.3 is 15.0 Å². The van der Waals surface area contributed by atoms with Crippen molar-refractivity contribution in [1.29, 1.82) is 0 Å². The number of pyridine rings is 1. The number of amides is 1. The van der Waals surface area contributed by atoms with E-state index in [1.165, 1.54) is 23.1 Å². The lowest BCUT2D eigenvalue weighted by Crippen LogP contribution is -2.34. The molecule has 178 valence electrons. The number of aromatic nitrogens is 2. The molecule has 0 saturated carbocycles. The second kappa shape index (κ2) is 8.78. The maximum atomic E-state index is 13.4. The Balaban J connectivity index is 1.48. The van der Waals surface area contributed by atoms with E-state index in [1.54, 1.807) is 18.5 Å². The molecule has 0 fully saturated rings. The minimum atomic E-state index is -4.49. The number of benzene rings is 2. The van der Waals surface area contributed by atoms with Gasteiger partial charge in [0.25, 0.3) is 0 Å². The lowest BCUT2D eigenvalue weighted by Gasteiger charge is -2.26. The van der Waals surface area contributed by atoms with Crippen LogP contribution in [-0.4, -0.2) is 32.6 Å². The molecule has 9 heteroatoms. The maximum absolute atomic E-state index is 13.4. The van der Waals surface area contributed by atoms with E-state index in [4.69, 9.17) is 11.6 Å². The first-order valence-corrected chi connectivity index (χ1v) is 11.2. The van der Waals surface area contributed by atoms with E-state index in [9.17, 15) is 23.1 Å². The Hall–Kier alpha value is -3.78. The van der Waals surface area contributed by atoms with Gasteiger partial charge in [-0.2, -0.15) is 13.2 Å². The number of carbonyl (C=O) groups is 1. The van der Waals surface area contributed by atoms with Crippen LogP contribution < -0.4 is 0 Å². The normalized spacial score (nSPS) is 14.0. The first-order valence-electron chi connectivity index (χ1n) is 10.8. The average molecular weight is 498 g/mol. The number of rotatable bonds is 3. The number of hydrogen-bond donors (Lipinski definition) is 2. The molecule has 4 aromatic rings. The summed E-state index contributed by atoms with van der Waals surface area (Å²) in [4.78, 5) is 20.2. The third kappa shape index (κ3) is 4.61. The zero-order chi connectivity index (χ0) is 24.7. The molecule has 0 atom stereocenters. The Morgan fingerprint density at radius 1 is 1.06 bits per heavy atom. The van der Waals surface area contributed by atoms with Gasteiger partial charge in [0.05, 0.1) is 5.56 Å². The van der Waals surface area contributed by atoms with Gasteiger partial charge in [0, 0.05) is 47.0 Å². The van der Waals surface area contributed by atoms with Crippen molar-refractivity contribution in [1.82, 2.24) is 14.9 Å². The minimum absolute atomic E-state index is 0.0199. The van der Waals surface area contributed by atoms with Gasteiger partial charge in [-0.1, -0.05) is 42.0 Å². The van der Waals surface area contributed by atoms with Crippen molar-refractivity contribution in [3.8, 4) is 11.1 Å². The van der Waals surface area contributed by atoms with Crippen LogP contribution in [0.2, 0.25) is 5.02 Å². The molecule has 5 nitrogen and oxygen atoms in total. The molecule has 2 aromatic carbocycles. The van der Waals surface area contributed by atoms with Crippen LogP contribution >= 0.6 is 11.6 Å². The molecule has 3 heterocycles. The Kier molecular flexibility index (Phi) is 5.76. The summed E-state index contributed by atoms with van der Waals surface area (Å²) in [5.41, 5.74) is 4.39. The number of halogens is 4. The highest BCUT2D eigenvalue weighted by atomic mass is 35.5. The summed E-state index contributed by atoms with van der Waals surface area (Å²) in [6.07, 6.45) is 1.65. The highest BCUT2D eigenvalue weighted by Gasteiger charge is 2.32. The van der Waals surface area contributed by atoms with E-state index in [2.05, 4.69) is 9.97 Å². The highest BCUT2D eigenvalue weighted by Crippen LogP contribution is 2.35. The number of nitrogens with one attached hydrogen (secondary N) is 1. The molecule has 0 spiro atoms. The van der Waals surface area contributed by atoms with Crippen molar-refractivity contribution in [2.45, 2.75) is 19.1 Å². The van der Waals surface area contributed by atoms with Crippen LogP contribution in [0.25, 0.3) is 34.3 Å². The average Bonchev–Trinajstić information content (AvgIpc) is 3.23. The monoisotopic (exact) mass is 497 g/mol. The van der Waals surface area contributed by atoms with Crippen molar-refractivity contribution in [3.63, 3.8) is 0 Å². The Labute approximate surface area is 203 Å². The van der Waals surface area contributed by atoms with Gasteiger partial charge in [-0.25, -0.2) is 9.78 Å². The third-order valence-electron chi connectivity index (χ3n) is 6.15.